The second-order valence-electron chi connectivity index (χ2n) is 5.67. The van der Waals surface area contributed by atoms with Gasteiger partial charge in [0.25, 0.3) is 11.8 Å². The Labute approximate surface area is 155 Å². The molecule has 0 radical (unpaired) electrons. The first-order chi connectivity index (χ1) is 12.6. The van der Waals surface area contributed by atoms with E-state index in [-0.39, 0.29) is 23.3 Å². The minimum absolute atomic E-state index is 0.223. The molecule has 1 aliphatic heterocycles. The lowest BCUT2D eigenvalue weighted by Gasteiger charge is -2.15. The lowest BCUT2D eigenvalue weighted by molar-refractivity contribution is -0.137. The fraction of sp³-hybridized carbons (Fsp3) is 0.263. The van der Waals surface area contributed by atoms with Gasteiger partial charge >= 0.3 is 0 Å². The molecule has 5 nitrogen and oxygen atoms in total. The van der Waals surface area contributed by atoms with Gasteiger partial charge in [-0.05, 0) is 49.1 Å². The summed E-state index contributed by atoms with van der Waals surface area (Å²) in [6.07, 6.45) is 0.576. The molecule has 7 heteroatoms. The Hall–Kier alpha value is -2.51. The van der Waals surface area contributed by atoms with E-state index in [2.05, 4.69) is 5.32 Å². The summed E-state index contributed by atoms with van der Waals surface area (Å²) in [6.45, 7) is 3.27. The number of anilines is 1. The van der Waals surface area contributed by atoms with E-state index in [0.29, 0.717) is 37.4 Å². The number of ether oxygens (including phenoxy) is 1. The first kappa shape index (κ1) is 18.3. The van der Waals surface area contributed by atoms with Gasteiger partial charge in [0, 0.05) is 30.3 Å². The Kier molecular flexibility index (Phi) is 5.80. The zero-order valence-electron chi connectivity index (χ0n) is 14.3. The molecule has 1 N–H and O–H groups in total. The smallest absolute Gasteiger partial charge is 0.278 e. The standard InChI is InChI=1S/C19H19FN2O3S/c1-2-25-11-4-10-22-18(23)16(15-5-3-12-26-15)17(19(22)24)21-14-8-6-13(20)7-9-14/h3,5-9,12,21H,2,4,10-11H2,1H3. The predicted octanol–water partition coefficient (Wildman–Crippen LogP) is 3.51. The molecule has 3 rings (SSSR count). The maximum Gasteiger partial charge on any atom is 0.278 e. The topological polar surface area (TPSA) is 58.6 Å². The van der Waals surface area contributed by atoms with Crippen molar-refractivity contribution in [3.63, 3.8) is 0 Å². The van der Waals surface area contributed by atoms with Crippen LogP contribution in [0.5, 0.6) is 0 Å². The molecule has 0 spiro atoms. The highest BCUT2D eigenvalue weighted by molar-refractivity contribution is 7.11. The molecule has 0 saturated heterocycles. The van der Waals surface area contributed by atoms with Crippen LogP contribution in [0.2, 0.25) is 0 Å². The number of benzene rings is 1. The molecule has 1 aliphatic rings. The average Bonchev–Trinajstić information content (AvgIpc) is 3.23. The van der Waals surface area contributed by atoms with E-state index in [0.717, 1.165) is 4.88 Å². The maximum atomic E-state index is 13.1. The minimum Gasteiger partial charge on any atom is -0.382 e. The number of hydrogen-bond acceptors (Lipinski definition) is 5. The highest BCUT2D eigenvalue weighted by Crippen LogP contribution is 2.32. The van der Waals surface area contributed by atoms with Crippen LogP contribution < -0.4 is 5.32 Å². The van der Waals surface area contributed by atoms with Gasteiger partial charge in [-0.25, -0.2) is 4.39 Å². The van der Waals surface area contributed by atoms with Gasteiger partial charge in [-0.1, -0.05) is 6.07 Å². The van der Waals surface area contributed by atoms with Gasteiger partial charge in [-0.3, -0.25) is 14.5 Å². The number of carbonyl (C=O) groups excluding carboxylic acids is 2. The molecule has 26 heavy (non-hydrogen) atoms. The zero-order chi connectivity index (χ0) is 18.5. The summed E-state index contributed by atoms with van der Waals surface area (Å²) in [5.41, 5.74) is 1.12. The first-order valence-electron chi connectivity index (χ1n) is 8.36. The van der Waals surface area contributed by atoms with Gasteiger partial charge in [-0.15, -0.1) is 11.3 Å². The first-order valence-corrected chi connectivity index (χ1v) is 9.24. The quantitative estimate of drug-likeness (QED) is 0.567. The molecule has 0 aliphatic carbocycles. The van der Waals surface area contributed by atoms with Crippen molar-refractivity contribution in [2.75, 3.05) is 25.1 Å². The molecule has 2 amide bonds. The fourth-order valence-corrected chi connectivity index (χ4v) is 3.46. The molecule has 0 fully saturated rings. The van der Waals surface area contributed by atoms with Crippen LogP contribution in [0, 0.1) is 5.82 Å². The van der Waals surface area contributed by atoms with Crippen molar-refractivity contribution in [2.24, 2.45) is 0 Å². The number of nitrogens with zero attached hydrogens (tertiary/aromatic N) is 1. The minimum atomic E-state index is -0.376. The number of imide groups is 1. The third kappa shape index (κ3) is 3.84. The van der Waals surface area contributed by atoms with E-state index in [1.807, 2.05) is 18.4 Å². The largest absolute Gasteiger partial charge is 0.382 e. The molecule has 2 heterocycles. The molecule has 1 aromatic heterocycles. The summed E-state index contributed by atoms with van der Waals surface area (Å²) in [7, 11) is 0. The summed E-state index contributed by atoms with van der Waals surface area (Å²) >= 11 is 1.39. The monoisotopic (exact) mass is 374 g/mol. The normalized spacial score (nSPS) is 14.5. The third-order valence-corrected chi connectivity index (χ3v) is 4.81. The summed E-state index contributed by atoms with van der Waals surface area (Å²) in [4.78, 5) is 27.6. The van der Waals surface area contributed by atoms with Crippen LogP contribution in [0.15, 0.2) is 47.5 Å². The van der Waals surface area contributed by atoms with E-state index in [1.165, 1.54) is 40.5 Å². The third-order valence-electron chi connectivity index (χ3n) is 3.92. The zero-order valence-corrected chi connectivity index (χ0v) is 15.1. The van der Waals surface area contributed by atoms with Crippen molar-refractivity contribution < 1.29 is 18.7 Å². The maximum absolute atomic E-state index is 13.1. The number of halogens is 1. The average molecular weight is 374 g/mol. The Balaban J connectivity index is 1.86. The highest BCUT2D eigenvalue weighted by atomic mass is 32.1. The number of carbonyl (C=O) groups is 2. The van der Waals surface area contributed by atoms with Gasteiger partial charge in [0.2, 0.25) is 0 Å². The van der Waals surface area contributed by atoms with E-state index < -0.39 is 0 Å². The summed E-state index contributed by atoms with van der Waals surface area (Å²) < 4.78 is 18.4. The van der Waals surface area contributed by atoms with Crippen molar-refractivity contribution >= 4 is 34.4 Å². The molecule has 1 aromatic carbocycles. The van der Waals surface area contributed by atoms with Crippen LogP contribution in [-0.2, 0) is 14.3 Å². The van der Waals surface area contributed by atoms with Crippen LogP contribution in [-0.4, -0.2) is 36.5 Å². The molecular weight excluding hydrogens is 355 g/mol. The highest BCUT2D eigenvalue weighted by Gasteiger charge is 2.39. The second-order valence-corrected chi connectivity index (χ2v) is 6.62. The van der Waals surface area contributed by atoms with Gasteiger partial charge in [0.15, 0.2) is 0 Å². The molecule has 0 bridgehead atoms. The molecule has 136 valence electrons. The van der Waals surface area contributed by atoms with Crippen molar-refractivity contribution in [2.45, 2.75) is 13.3 Å². The lowest BCUT2D eigenvalue weighted by atomic mass is 10.2. The number of hydrogen-bond donors (Lipinski definition) is 1. The van der Waals surface area contributed by atoms with E-state index in [4.69, 9.17) is 4.74 Å². The van der Waals surface area contributed by atoms with E-state index in [1.54, 1.807) is 6.07 Å². The predicted molar refractivity (Wildman–Crippen MR) is 99.1 cm³/mol. The van der Waals surface area contributed by atoms with Crippen LogP contribution in [0.25, 0.3) is 5.57 Å². The van der Waals surface area contributed by atoms with Crippen molar-refractivity contribution in [3.05, 3.63) is 58.2 Å². The molecule has 2 aromatic rings. The molecule has 0 saturated carbocycles. The Morgan fingerprint density at radius 1 is 1.15 bits per heavy atom. The molecule has 0 atom stereocenters. The van der Waals surface area contributed by atoms with Gasteiger partial charge < -0.3 is 10.1 Å². The van der Waals surface area contributed by atoms with Crippen molar-refractivity contribution in [1.82, 2.24) is 4.90 Å². The summed E-state index contributed by atoms with van der Waals surface area (Å²) in [5, 5.41) is 4.85. The molecule has 0 unspecified atom stereocenters. The van der Waals surface area contributed by atoms with Crippen molar-refractivity contribution in [3.8, 4) is 0 Å². The number of nitrogens with one attached hydrogen (secondary N) is 1. The summed E-state index contributed by atoms with van der Waals surface area (Å²) in [6, 6.07) is 9.30. The fourth-order valence-electron chi connectivity index (χ4n) is 2.69. The lowest BCUT2D eigenvalue weighted by Crippen LogP contribution is -2.33. The van der Waals surface area contributed by atoms with Gasteiger partial charge in [-0.2, -0.15) is 0 Å². The van der Waals surface area contributed by atoms with Crippen LogP contribution in [0.1, 0.15) is 18.2 Å². The molecular formula is C19H19FN2O3S. The Bertz CT molecular complexity index is 816. The van der Waals surface area contributed by atoms with Crippen LogP contribution in [0.4, 0.5) is 10.1 Å². The number of rotatable bonds is 8. The van der Waals surface area contributed by atoms with Crippen LogP contribution >= 0.6 is 11.3 Å². The number of thiophene rings is 1. The summed E-state index contributed by atoms with van der Waals surface area (Å²) in [5.74, 6) is -1.06. The SMILES string of the molecule is CCOCCCN1C(=O)C(Nc2ccc(F)cc2)=C(c2cccs2)C1=O. The van der Waals surface area contributed by atoms with E-state index >= 15 is 0 Å². The van der Waals surface area contributed by atoms with E-state index in [9.17, 15) is 14.0 Å². The van der Waals surface area contributed by atoms with Gasteiger partial charge in [0.1, 0.15) is 11.5 Å². The van der Waals surface area contributed by atoms with Crippen LogP contribution in [0.3, 0.4) is 0 Å². The second kappa shape index (κ2) is 8.25. The Morgan fingerprint density at radius 2 is 1.92 bits per heavy atom. The van der Waals surface area contributed by atoms with Crippen molar-refractivity contribution in [1.29, 1.82) is 0 Å². The van der Waals surface area contributed by atoms with Gasteiger partial charge in [0.05, 0.1) is 5.57 Å². The Morgan fingerprint density at radius 3 is 2.58 bits per heavy atom. The number of amides is 2.